The van der Waals surface area contributed by atoms with Crippen LogP contribution in [-0.4, -0.2) is 35.7 Å². The molecular weight excluding hydrogens is 364 g/mol. The average molecular weight is 387 g/mol. The van der Waals surface area contributed by atoms with E-state index in [-0.39, 0.29) is 5.91 Å². The molecule has 26 heavy (non-hydrogen) atoms. The van der Waals surface area contributed by atoms with Crippen molar-refractivity contribution in [2.24, 2.45) is 0 Å². The van der Waals surface area contributed by atoms with Gasteiger partial charge in [-0.05, 0) is 37.1 Å². The monoisotopic (exact) mass is 386 g/mol. The number of aromatic nitrogens is 2. The van der Waals surface area contributed by atoms with E-state index in [9.17, 15) is 4.79 Å². The van der Waals surface area contributed by atoms with Gasteiger partial charge >= 0.3 is 0 Å². The first-order valence-electron chi connectivity index (χ1n) is 8.32. The summed E-state index contributed by atoms with van der Waals surface area (Å²) in [4.78, 5) is 25.2. The van der Waals surface area contributed by atoms with Crippen molar-refractivity contribution in [1.82, 2.24) is 15.3 Å². The molecular formula is C19H22N4OS2. The molecule has 0 saturated carbocycles. The Morgan fingerprint density at radius 2 is 2.08 bits per heavy atom. The minimum Gasteiger partial charge on any atom is -0.378 e. The fraction of sp³-hybridized carbons (Fsp3) is 0.316. The zero-order valence-electron chi connectivity index (χ0n) is 15.4. The third-order valence-corrected chi connectivity index (χ3v) is 6.29. The lowest BCUT2D eigenvalue weighted by atomic mass is 10.2. The van der Waals surface area contributed by atoms with Crippen LogP contribution >= 0.6 is 23.1 Å². The summed E-state index contributed by atoms with van der Waals surface area (Å²) >= 11 is 3.13. The number of nitrogens with one attached hydrogen (secondary N) is 1. The van der Waals surface area contributed by atoms with Crippen LogP contribution in [0.25, 0.3) is 10.2 Å². The number of thioether (sulfide) groups is 1. The summed E-state index contributed by atoms with van der Waals surface area (Å²) in [5, 5.41) is 4.94. The predicted molar refractivity (Wildman–Crippen MR) is 110 cm³/mol. The van der Waals surface area contributed by atoms with Gasteiger partial charge in [0.1, 0.15) is 16.2 Å². The van der Waals surface area contributed by atoms with Crippen LogP contribution in [0.4, 0.5) is 5.69 Å². The summed E-state index contributed by atoms with van der Waals surface area (Å²) in [6, 6.07) is 8.16. The summed E-state index contributed by atoms with van der Waals surface area (Å²) in [5.41, 5.74) is 3.41. The molecule has 5 nitrogen and oxygen atoms in total. The summed E-state index contributed by atoms with van der Waals surface area (Å²) in [5.74, 6) is 0.343. The highest BCUT2D eigenvalue weighted by Crippen LogP contribution is 2.34. The minimum absolute atomic E-state index is 0.00150. The fourth-order valence-electron chi connectivity index (χ4n) is 2.59. The highest BCUT2D eigenvalue weighted by Gasteiger charge is 2.13. The normalized spacial score (nSPS) is 10.9. The number of carbonyl (C=O) groups is 1. The number of aryl methyl sites for hydroxylation is 2. The number of hydrogen-bond acceptors (Lipinski definition) is 6. The van der Waals surface area contributed by atoms with E-state index in [2.05, 4.69) is 35.2 Å². The molecule has 136 valence electrons. The van der Waals surface area contributed by atoms with Crippen LogP contribution < -0.4 is 10.2 Å². The van der Waals surface area contributed by atoms with E-state index in [1.54, 1.807) is 17.7 Å². The van der Waals surface area contributed by atoms with E-state index in [0.29, 0.717) is 12.3 Å². The number of carbonyl (C=O) groups excluding carboxylic acids is 1. The molecule has 0 aliphatic carbocycles. The maximum atomic E-state index is 12.3. The zero-order valence-corrected chi connectivity index (χ0v) is 17.0. The Bertz CT molecular complexity index is 936. The topological polar surface area (TPSA) is 58.1 Å². The fourth-order valence-corrected chi connectivity index (χ4v) is 4.54. The minimum atomic E-state index is 0.00150. The van der Waals surface area contributed by atoms with Crippen LogP contribution in [0.2, 0.25) is 0 Å². The zero-order chi connectivity index (χ0) is 18.7. The van der Waals surface area contributed by atoms with Crippen molar-refractivity contribution < 1.29 is 4.79 Å². The van der Waals surface area contributed by atoms with Crippen molar-refractivity contribution >= 4 is 44.9 Å². The van der Waals surface area contributed by atoms with Crippen molar-refractivity contribution in [3.05, 3.63) is 46.6 Å². The Hall–Kier alpha value is -2.12. The van der Waals surface area contributed by atoms with Crippen LogP contribution in [0.15, 0.2) is 35.6 Å². The van der Waals surface area contributed by atoms with Gasteiger partial charge in [-0.3, -0.25) is 4.79 Å². The maximum absolute atomic E-state index is 12.3. The largest absolute Gasteiger partial charge is 0.378 e. The van der Waals surface area contributed by atoms with Gasteiger partial charge in [0, 0.05) is 36.6 Å². The predicted octanol–water partition coefficient (Wildman–Crippen LogP) is 3.78. The number of rotatable bonds is 6. The first-order valence-corrected chi connectivity index (χ1v) is 10.1. The standard InChI is InChI=1S/C19H22N4OS2/c1-12-13(2)26-19-17(12)18(21-11-22-19)25-10-16(24)20-9-14-6-5-7-15(8-14)23(3)4/h5-8,11H,9-10H2,1-4H3,(H,20,24). The van der Waals surface area contributed by atoms with Gasteiger partial charge in [0.15, 0.2) is 0 Å². The number of nitrogens with zero attached hydrogens (tertiary/aromatic N) is 3. The van der Waals surface area contributed by atoms with Crippen molar-refractivity contribution in [3.63, 3.8) is 0 Å². The second-order valence-corrected chi connectivity index (χ2v) is 8.44. The average Bonchev–Trinajstić information content (AvgIpc) is 2.93. The molecule has 1 amide bonds. The quantitative estimate of drug-likeness (QED) is 0.516. The Balaban J connectivity index is 1.61. The molecule has 7 heteroatoms. The van der Waals surface area contributed by atoms with E-state index in [1.807, 2.05) is 37.2 Å². The van der Waals surface area contributed by atoms with Crippen LogP contribution in [-0.2, 0) is 11.3 Å². The Morgan fingerprint density at radius 1 is 1.27 bits per heavy atom. The lowest BCUT2D eigenvalue weighted by Gasteiger charge is -2.13. The molecule has 0 fully saturated rings. The Kier molecular flexibility index (Phi) is 5.78. The van der Waals surface area contributed by atoms with Gasteiger partial charge in [0.25, 0.3) is 0 Å². The molecule has 3 rings (SSSR count). The van der Waals surface area contributed by atoms with E-state index in [1.165, 1.54) is 22.2 Å². The molecule has 0 bridgehead atoms. The molecule has 0 aliphatic rings. The summed E-state index contributed by atoms with van der Waals surface area (Å²) in [6.07, 6.45) is 1.57. The number of hydrogen-bond donors (Lipinski definition) is 1. The van der Waals surface area contributed by atoms with Crippen LogP contribution in [0, 0.1) is 13.8 Å². The SMILES string of the molecule is Cc1sc2ncnc(SCC(=O)NCc3cccc(N(C)C)c3)c2c1C. The summed E-state index contributed by atoms with van der Waals surface area (Å²) < 4.78 is 0. The van der Waals surface area contributed by atoms with Crippen molar-refractivity contribution in [3.8, 4) is 0 Å². The van der Waals surface area contributed by atoms with Gasteiger partial charge in [-0.2, -0.15) is 0 Å². The van der Waals surface area contributed by atoms with Gasteiger partial charge < -0.3 is 10.2 Å². The van der Waals surface area contributed by atoms with Crippen molar-refractivity contribution in [2.45, 2.75) is 25.4 Å². The van der Waals surface area contributed by atoms with Gasteiger partial charge in [-0.25, -0.2) is 9.97 Å². The van der Waals surface area contributed by atoms with Crippen molar-refractivity contribution in [2.75, 3.05) is 24.7 Å². The smallest absolute Gasteiger partial charge is 0.230 e. The molecule has 3 aromatic rings. The van der Waals surface area contributed by atoms with Gasteiger partial charge in [-0.15, -0.1) is 11.3 Å². The molecule has 0 aliphatic heterocycles. The molecule has 0 spiro atoms. The molecule has 0 saturated heterocycles. The first kappa shape index (κ1) is 18.7. The molecule has 2 heterocycles. The summed E-state index contributed by atoms with van der Waals surface area (Å²) in [7, 11) is 4.01. The molecule has 0 unspecified atom stereocenters. The lowest BCUT2D eigenvalue weighted by Crippen LogP contribution is -2.24. The van der Waals surface area contributed by atoms with E-state index >= 15 is 0 Å². The van der Waals surface area contributed by atoms with E-state index in [4.69, 9.17) is 0 Å². The van der Waals surface area contributed by atoms with E-state index in [0.717, 1.165) is 26.5 Å². The van der Waals surface area contributed by atoms with Crippen LogP contribution in [0.1, 0.15) is 16.0 Å². The summed E-state index contributed by atoms with van der Waals surface area (Å²) in [6.45, 7) is 4.70. The number of amides is 1. The molecule has 1 N–H and O–H groups in total. The second-order valence-electron chi connectivity index (χ2n) is 6.27. The Labute approximate surface area is 161 Å². The van der Waals surface area contributed by atoms with Gasteiger partial charge in [-0.1, -0.05) is 23.9 Å². The third-order valence-electron chi connectivity index (χ3n) is 4.19. The van der Waals surface area contributed by atoms with Gasteiger partial charge in [0.05, 0.1) is 5.75 Å². The third kappa shape index (κ3) is 4.16. The van der Waals surface area contributed by atoms with E-state index < -0.39 is 0 Å². The molecule has 0 atom stereocenters. The second kappa shape index (κ2) is 8.05. The highest BCUT2D eigenvalue weighted by atomic mass is 32.2. The van der Waals surface area contributed by atoms with Crippen LogP contribution in [0.3, 0.4) is 0 Å². The van der Waals surface area contributed by atoms with Gasteiger partial charge in [0.2, 0.25) is 5.91 Å². The number of benzene rings is 1. The molecule has 1 aromatic carbocycles. The Morgan fingerprint density at radius 3 is 2.85 bits per heavy atom. The first-order chi connectivity index (χ1) is 12.5. The number of fused-ring (bicyclic) bond motifs is 1. The highest BCUT2D eigenvalue weighted by molar-refractivity contribution is 8.00. The number of thiophene rings is 1. The molecule has 2 aromatic heterocycles. The van der Waals surface area contributed by atoms with Crippen molar-refractivity contribution in [1.29, 1.82) is 0 Å². The van der Waals surface area contributed by atoms with Crippen LogP contribution in [0.5, 0.6) is 0 Å². The maximum Gasteiger partial charge on any atom is 0.230 e. The molecule has 0 radical (unpaired) electrons. The lowest BCUT2D eigenvalue weighted by molar-refractivity contribution is -0.118. The number of anilines is 1.